The zero-order valence-electron chi connectivity index (χ0n) is 10.7. The molecule has 6 nitrogen and oxygen atoms in total. The molecule has 0 radical (unpaired) electrons. The molecule has 1 atom stereocenters. The summed E-state index contributed by atoms with van der Waals surface area (Å²) in [7, 11) is 0. The maximum Gasteiger partial charge on any atom is 0.272 e. The molecule has 1 heterocycles. The molecule has 1 aliphatic rings. The highest BCUT2D eigenvalue weighted by Gasteiger charge is 2.32. The van der Waals surface area contributed by atoms with E-state index in [0.29, 0.717) is 13.2 Å². The second kappa shape index (κ2) is 5.10. The van der Waals surface area contributed by atoms with E-state index in [1.165, 1.54) is 12.1 Å². The van der Waals surface area contributed by atoms with Gasteiger partial charge < -0.3 is 14.8 Å². The minimum Gasteiger partial charge on any atom is -0.380 e. The van der Waals surface area contributed by atoms with Crippen molar-refractivity contribution in [3.05, 3.63) is 34.1 Å². The van der Waals surface area contributed by atoms with Crippen molar-refractivity contribution in [3.63, 3.8) is 0 Å². The van der Waals surface area contributed by atoms with Crippen molar-refractivity contribution in [2.24, 2.45) is 0 Å². The Balaban J connectivity index is 1.95. The van der Waals surface area contributed by atoms with Crippen molar-refractivity contribution in [2.45, 2.75) is 25.7 Å². The Morgan fingerprint density at radius 3 is 2.84 bits per heavy atom. The Labute approximate surface area is 109 Å². The third-order valence-electron chi connectivity index (χ3n) is 2.75. The van der Waals surface area contributed by atoms with Crippen molar-refractivity contribution in [1.29, 1.82) is 0 Å². The van der Waals surface area contributed by atoms with Crippen molar-refractivity contribution >= 4 is 11.4 Å². The zero-order valence-corrected chi connectivity index (χ0v) is 10.7. The highest BCUT2D eigenvalue weighted by Crippen LogP contribution is 2.24. The van der Waals surface area contributed by atoms with Gasteiger partial charge >= 0.3 is 0 Å². The van der Waals surface area contributed by atoms with Gasteiger partial charge in [0, 0.05) is 12.6 Å². The summed E-state index contributed by atoms with van der Waals surface area (Å²) in [4.78, 5) is 9.85. The fourth-order valence-electron chi connectivity index (χ4n) is 1.85. The highest BCUT2D eigenvalue weighted by molar-refractivity contribution is 5.50. The lowest BCUT2D eigenvalue weighted by Crippen LogP contribution is -2.26. The summed E-state index contributed by atoms with van der Waals surface area (Å²) in [6.45, 7) is 4.41. The van der Waals surface area contributed by atoms with Gasteiger partial charge in [-0.15, -0.1) is 0 Å². The lowest BCUT2D eigenvalue weighted by Gasteiger charge is -2.17. The first kappa shape index (κ1) is 13.7. The topological polar surface area (TPSA) is 73.6 Å². The first-order chi connectivity index (χ1) is 8.87. The summed E-state index contributed by atoms with van der Waals surface area (Å²) >= 11 is 0. The van der Waals surface area contributed by atoms with Crippen LogP contribution >= 0.6 is 0 Å². The Kier molecular flexibility index (Phi) is 3.68. The predicted molar refractivity (Wildman–Crippen MR) is 66.4 cm³/mol. The number of halogens is 1. The van der Waals surface area contributed by atoms with Gasteiger partial charge in [-0.25, -0.2) is 4.39 Å². The van der Waals surface area contributed by atoms with Crippen LogP contribution in [0.1, 0.15) is 13.8 Å². The zero-order chi connectivity index (χ0) is 14.0. The first-order valence-electron chi connectivity index (χ1n) is 5.87. The Bertz CT molecular complexity index is 493. The Hall–Kier alpha value is -1.73. The van der Waals surface area contributed by atoms with E-state index in [9.17, 15) is 14.5 Å². The molecule has 1 aromatic carbocycles. The van der Waals surface area contributed by atoms with Crippen LogP contribution in [-0.4, -0.2) is 30.0 Å². The van der Waals surface area contributed by atoms with Gasteiger partial charge in [0.1, 0.15) is 6.10 Å². The van der Waals surface area contributed by atoms with Crippen LogP contribution in [0.2, 0.25) is 0 Å². The molecule has 0 spiro atoms. The van der Waals surface area contributed by atoms with Crippen LogP contribution in [0, 0.1) is 15.9 Å². The minimum atomic E-state index is -0.660. The van der Waals surface area contributed by atoms with Crippen LogP contribution in [0.5, 0.6) is 0 Å². The molecule has 104 valence electrons. The maximum atomic E-state index is 13.6. The molecule has 1 saturated heterocycles. The van der Waals surface area contributed by atoms with Crippen LogP contribution in [-0.2, 0) is 9.47 Å². The van der Waals surface area contributed by atoms with Crippen LogP contribution in [0.25, 0.3) is 0 Å². The molecule has 1 aliphatic heterocycles. The van der Waals surface area contributed by atoms with E-state index in [2.05, 4.69) is 5.32 Å². The number of nitrogens with one attached hydrogen (secondary N) is 1. The van der Waals surface area contributed by atoms with Crippen LogP contribution in [0.3, 0.4) is 0 Å². The van der Waals surface area contributed by atoms with Crippen molar-refractivity contribution < 1.29 is 18.8 Å². The number of benzene rings is 1. The SMILES string of the molecule is CC1(C)OCC(CNc2ccc([N+](=O)[O-])cc2F)O1. The molecule has 0 bridgehead atoms. The summed E-state index contributed by atoms with van der Waals surface area (Å²) in [5, 5.41) is 13.3. The minimum absolute atomic E-state index is 0.176. The fourth-order valence-corrected chi connectivity index (χ4v) is 1.85. The van der Waals surface area contributed by atoms with Gasteiger partial charge in [0.15, 0.2) is 11.6 Å². The number of hydrogen-bond donors (Lipinski definition) is 1. The smallest absolute Gasteiger partial charge is 0.272 e. The summed E-state index contributed by atoms with van der Waals surface area (Å²) < 4.78 is 24.5. The second-order valence-corrected chi connectivity index (χ2v) is 4.75. The van der Waals surface area contributed by atoms with Gasteiger partial charge in [-0.1, -0.05) is 0 Å². The monoisotopic (exact) mass is 270 g/mol. The number of anilines is 1. The number of rotatable bonds is 4. The third kappa shape index (κ3) is 3.39. The summed E-state index contributed by atoms with van der Waals surface area (Å²) in [6, 6.07) is 3.48. The summed E-state index contributed by atoms with van der Waals surface area (Å²) in [5.74, 6) is -1.28. The Morgan fingerprint density at radius 2 is 2.32 bits per heavy atom. The molecule has 1 fully saturated rings. The summed E-state index contributed by atoms with van der Waals surface area (Å²) in [5.41, 5.74) is -0.0662. The molecule has 2 rings (SSSR count). The van der Waals surface area contributed by atoms with Crippen molar-refractivity contribution in [1.82, 2.24) is 0 Å². The molecule has 0 saturated carbocycles. The highest BCUT2D eigenvalue weighted by atomic mass is 19.1. The van der Waals surface area contributed by atoms with Gasteiger partial charge in [-0.2, -0.15) is 0 Å². The molecule has 0 aromatic heterocycles. The van der Waals surface area contributed by atoms with E-state index in [-0.39, 0.29) is 17.5 Å². The molecule has 1 unspecified atom stereocenters. The quantitative estimate of drug-likeness (QED) is 0.671. The first-order valence-corrected chi connectivity index (χ1v) is 5.87. The second-order valence-electron chi connectivity index (χ2n) is 4.75. The van der Waals surface area contributed by atoms with E-state index in [0.717, 1.165) is 6.07 Å². The van der Waals surface area contributed by atoms with Gasteiger partial charge in [0.25, 0.3) is 5.69 Å². The molecular weight excluding hydrogens is 255 g/mol. The molecule has 0 amide bonds. The molecule has 1 aromatic rings. The predicted octanol–water partition coefficient (Wildman–Crippen LogP) is 2.30. The van der Waals surface area contributed by atoms with Gasteiger partial charge in [0.2, 0.25) is 0 Å². The van der Waals surface area contributed by atoms with E-state index in [1.54, 1.807) is 13.8 Å². The van der Waals surface area contributed by atoms with E-state index >= 15 is 0 Å². The van der Waals surface area contributed by atoms with Crippen molar-refractivity contribution in [2.75, 3.05) is 18.5 Å². The number of nitro groups is 1. The molecule has 1 N–H and O–H groups in total. The average Bonchev–Trinajstić information content (AvgIpc) is 2.67. The number of ether oxygens (including phenoxy) is 2. The maximum absolute atomic E-state index is 13.6. The number of hydrogen-bond acceptors (Lipinski definition) is 5. The Morgan fingerprint density at radius 1 is 1.58 bits per heavy atom. The molecule has 0 aliphatic carbocycles. The van der Waals surface area contributed by atoms with Gasteiger partial charge in [-0.3, -0.25) is 10.1 Å². The third-order valence-corrected chi connectivity index (χ3v) is 2.75. The largest absolute Gasteiger partial charge is 0.380 e. The van der Waals surface area contributed by atoms with E-state index in [1.807, 2.05) is 0 Å². The number of non-ortho nitro benzene ring substituents is 1. The van der Waals surface area contributed by atoms with E-state index < -0.39 is 16.5 Å². The van der Waals surface area contributed by atoms with Crippen LogP contribution < -0.4 is 5.32 Å². The number of nitrogens with zero attached hydrogens (tertiary/aromatic N) is 1. The molecule has 19 heavy (non-hydrogen) atoms. The lowest BCUT2D eigenvalue weighted by molar-refractivity contribution is -0.385. The fraction of sp³-hybridized carbons (Fsp3) is 0.500. The normalized spacial score (nSPS) is 21.3. The number of nitro benzene ring substituents is 1. The lowest BCUT2D eigenvalue weighted by atomic mass is 10.2. The van der Waals surface area contributed by atoms with Gasteiger partial charge in [-0.05, 0) is 19.9 Å². The van der Waals surface area contributed by atoms with Crippen LogP contribution in [0.4, 0.5) is 15.8 Å². The molecular formula is C12H15FN2O4. The molecule has 7 heteroatoms. The van der Waals surface area contributed by atoms with Crippen LogP contribution in [0.15, 0.2) is 18.2 Å². The van der Waals surface area contributed by atoms with E-state index in [4.69, 9.17) is 9.47 Å². The standard InChI is InChI=1S/C12H15FN2O4/c1-12(2)18-7-9(19-12)6-14-11-4-3-8(15(16)17)5-10(11)13/h3-5,9,14H,6-7H2,1-2H3. The van der Waals surface area contributed by atoms with Crippen molar-refractivity contribution in [3.8, 4) is 0 Å². The summed E-state index contributed by atoms with van der Waals surface area (Å²) in [6.07, 6.45) is -0.176. The van der Waals surface area contributed by atoms with Gasteiger partial charge in [0.05, 0.1) is 23.3 Å². The average molecular weight is 270 g/mol.